The van der Waals surface area contributed by atoms with Gasteiger partial charge in [-0.15, -0.1) is 0 Å². The number of esters is 2. The standard InChI is InChI=1S/C30H31NO9.C2HF3O/c1-31-15-14-29-24-18-8-9-19(37-2)26(24)40-27(29)20(12-13-30(29,36)21(31)16-18)38-22(32)10-11-23(33)39-25(28(34)35)17-6-4-3-5-7-17;3-2(4,5)1-6/h3-9,12,21,25,27,36H,10-11,13-16H2,1-2H3,(H,34,35);1H/t21-,25+,27+,29+,30-;/m1./s1. The lowest BCUT2D eigenvalue weighted by atomic mass is 9.50. The zero-order valence-corrected chi connectivity index (χ0v) is 24.9. The molecule has 46 heavy (non-hydrogen) atoms. The highest BCUT2D eigenvalue weighted by molar-refractivity contribution is 5.82. The van der Waals surface area contributed by atoms with Gasteiger partial charge in [-0.25, -0.2) is 4.79 Å². The van der Waals surface area contributed by atoms with Gasteiger partial charge in [0.15, 0.2) is 17.6 Å². The fraction of sp³-hybridized carbons (Fsp3) is 0.438. The molecule has 2 N–H and O–H groups in total. The molecule has 6 rings (SSSR count). The van der Waals surface area contributed by atoms with Gasteiger partial charge in [-0.1, -0.05) is 36.4 Å². The fourth-order valence-corrected chi connectivity index (χ4v) is 7.05. The number of aliphatic hydroxyl groups is 1. The van der Waals surface area contributed by atoms with Gasteiger partial charge in [0.25, 0.3) is 0 Å². The summed E-state index contributed by atoms with van der Waals surface area (Å²) >= 11 is 0. The van der Waals surface area contributed by atoms with Crippen LogP contribution in [-0.2, 0) is 40.5 Å². The lowest BCUT2D eigenvalue weighted by molar-refractivity contribution is -0.170. The van der Waals surface area contributed by atoms with Gasteiger partial charge in [0.2, 0.25) is 12.4 Å². The summed E-state index contributed by atoms with van der Waals surface area (Å²) in [5.74, 6) is -1.39. The summed E-state index contributed by atoms with van der Waals surface area (Å²) in [6, 6.07) is 11.9. The molecule has 2 bridgehead atoms. The highest BCUT2D eigenvalue weighted by atomic mass is 19.4. The Morgan fingerprint density at radius 3 is 2.43 bits per heavy atom. The number of aliphatic carboxylic acids is 1. The first-order valence-corrected chi connectivity index (χ1v) is 14.5. The number of carbonyl (C=O) groups excluding carboxylic acids is 3. The molecule has 11 nitrogen and oxygen atoms in total. The van der Waals surface area contributed by atoms with E-state index >= 15 is 0 Å². The summed E-state index contributed by atoms with van der Waals surface area (Å²) in [7, 11) is 3.58. The zero-order valence-electron chi connectivity index (χ0n) is 24.9. The van der Waals surface area contributed by atoms with Crippen molar-refractivity contribution in [3.8, 4) is 11.5 Å². The van der Waals surface area contributed by atoms with Crippen LogP contribution in [0.25, 0.3) is 0 Å². The minimum Gasteiger partial charge on any atom is -0.493 e. The Labute approximate surface area is 261 Å². The third kappa shape index (κ3) is 5.71. The molecule has 0 aromatic heterocycles. The van der Waals surface area contributed by atoms with Gasteiger partial charge in [-0.05, 0) is 44.1 Å². The molecule has 1 saturated heterocycles. The van der Waals surface area contributed by atoms with Crippen LogP contribution in [0.1, 0.15) is 48.5 Å². The van der Waals surface area contributed by atoms with Gasteiger partial charge >= 0.3 is 24.1 Å². The molecule has 0 radical (unpaired) electrons. The third-order valence-corrected chi connectivity index (χ3v) is 9.03. The van der Waals surface area contributed by atoms with E-state index in [2.05, 4.69) is 4.90 Å². The van der Waals surface area contributed by atoms with E-state index in [1.807, 2.05) is 19.2 Å². The third-order valence-electron chi connectivity index (χ3n) is 9.03. The SMILES string of the molecule is COc1ccc2c3c1O[C@H]1C(OC(=O)CCC(=O)O[C@H](C(=O)O)c4ccccc4)=CC[C@@]4(O)[C@@H](C2)N(C)CC[C@]314.O=CC(F)(F)F. The number of aldehydes is 1. The van der Waals surface area contributed by atoms with Gasteiger partial charge in [0, 0.05) is 23.6 Å². The Bertz CT molecular complexity index is 1560. The number of benzene rings is 2. The van der Waals surface area contributed by atoms with Gasteiger partial charge in [0.1, 0.15) is 5.76 Å². The average Bonchev–Trinajstić information content (AvgIpc) is 3.38. The first-order chi connectivity index (χ1) is 21.8. The molecule has 4 aliphatic rings. The van der Waals surface area contributed by atoms with Crippen molar-refractivity contribution in [1.82, 2.24) is 4.90 Å². The van der Waals surface area contributed by atoms with Crippen LogP contribution in [0, 0.1) is 0 Å². The second-order valence-corrected chi connectivity index (χ2v) is 11.5. The van der Waals surface area contributed by atoms with Gasteiger partial charge in [-0.3, -0.25) is 14.4 Å². The van der Waals surface area contributed by atoms with Crippen LogP contribution in [0.2, 0.25) is 0 Å². The summed E-state index contributed by atoms with van der Waals surface area (Å²) < 4.78 is 54.2. The maximum absolute atomic E-state index is 12.9. The van der Waals surface area contributed by atoms with Crippen LogP contribution in [-0.4, -0.2) is 83.9 Å². The molecule has 0 unspecified atom stereocenters. The minimum atomic E-state index is -4.64. The highest BCUT2D eigenvalue weighted by Gasteiger charge is 2.72. The molecule has 14 heteroatoms. The number of alkyl halides is 3. The number of likely N-dealkylation sites (N-methyl/N-ethyl adjacent to an activating group) is 1. The lowest BCUT2D eigenvalue weighted by Gasteiger charge is -2.61. The molecule has 1 spiro atoms. The van der Waals surface area contributed by atoms with Crippen LogP contribution < -0.4 is 9.47 Å². The molecular weight excluding hydrogens is 615 g/mol. The number of methoxy groups -OCH3 is 1. The van der Waals surface area contributed by atoms with Crippen molar-refractivity contribution >= 4 is 24.2 Å². The Morgan fingerprint density at radius 2 is 1.80 bits per heavy atom. The Balaban J connectivity index is 0.000000635. The number of carbonyl (C=O) groups is 4. The van der Waals surface area contributed by atoms with E-state index in [0.717, 1.165) is 17.7 Å². The van der Waals surface area contributed by atoms with Crippen molar-refractivity contribution in [2.24, 2.45) is 0 Å². The molecule has 2 heterocycles. The van der Waals surface area contributed by atoms with E-state index < -0.39 is 53.6 Å². The largest absolute Gasteiger partial charge is 0.493 e. The predicted molar refractivity (Wildman–Crippen MR) is 152 cm³/mol. The van der Waals surface area contributed by atoms with Crippen molar-refractivity contribution in [2.75, 3.05) is 20.7 Å². The summed E-state index contributed by atoms with van der Waals surface area (Å²) in [5.41, 5.74) is 0.394. The fourth-order valence-electron chi connectivity index (χ4n) is 7.05. The minimum absolute atomic E-state index is 0.130. The maximum Gasteiger partial charge on any atom is 0.446 e. The van der Waals surface area contributed by atoms with Gasteiger partial charge < -0.3 is 34.1 Å². The number of carboxylic acids is 1. The van der Waals surface area contributed by atoms with E-state index in [1.165, 1.54) is 0 Å². The van der Waals surface area contributed by atoms with Crippen molar-refractivity contribution < 1.29 is 61.5 Å². The highest BCUT2D eigenvalue weighted by Crippen LogP contribution is 2.65. The molecule has 2 aliphatic carbocycles. The number of nitrogens with zero attached hydrogens (tertiary/aromatic N) is 1. The van der Waals surface area contributed by atoms with Crippen molar-refractivity contribution in [1.29, 1.82) is 0 Å². The normalized spacial score (nSPS) is 26.2. The summed E-state index contributed by atoms with van der Waals surface area (Å²) in [6.07, 6.45) is -5.31. The van der Waals surface area contributed by atoms with Crippen LogP contribution in [0.15, 0.2) is 54.3 Å². The number of ether oxygens (including phenoxy) is 4. The monoisotopic (exact) mass is 647 g/mol. The Kier molecular flexibility index (Phi) is 8.88. The van der Waals surface area contributed by atoms with E-state index in [9.17, 15) is 37.8 Å². The second-order valence-electron chi connectivity index (χ2n) is 11.5. The van der Waals surface area contributed by atoms with E-state index in [4.69, 9.17) is 23.7 Å². The van der Waals surface area contributed by atoms with Crippen LogP contribution in [0.3, 0.4) is 0 Å². The summed E-state index contributed by atoms with van der Waals surface area (Å²) in [4.78, 5) is 47.9. The molecular formula is C32H32F3NO10. The van der Waals surface area contributed by atoms with E-state index in [1.54, 1.807) is 43.5 Å². The number of piperidine rings is 1. The van der Waals surface area contributed by atoms with Crippen LogP contribution in [0.4, 0.5) is 13.2 Å². The average molecular weight is 648 g/mol. The summed E-state index contributed by atoms with van der Waals surface area (Å²) in [6.45, 7) is 0.738. The molecule has 1 fully saturated rings. The van der Waals surface area contributed by atoms with Crippen molar-refractivity contribution in [3.63, 3.8) is 0 Å². The first kappa shape index (κ1) is 32.9. The smallest absolute Gasteiger partial charge is 0.446 e. The topological polar surface area (TPSA) is 149 Å². The number of likely N-dealkylation sites (tertiary alicyclic amines) is 1. The molecule has 0 saturated carbocycles. The number of halogens is 3. The number of hydrogen-bond donors (Lipinski definition) is 2. The van der Waals surface area contributed by atoms with E-state index in [0.29, 0.717) is 35.7 Å². The molecule has 5 atom stereocenters. The molecule has 2 aliphatic heterocycles. The predicted octanol–water partition coefficient (Wildman–Crippen LogP) is 3.41. The maximum atomic E-state index is 12.9. The van der Waals surface area contributed by atoms with Gasteiger partial charge in [-0.2, -0.15) is 13.2 Å². The lowest BCUT2D eigenvalue weighted by Crippen LogP contribution is -2.74. The van der Waals surface area contributed by atoms with Gasteiger partial charge in [0.05, 0.1) is 31.0 Å². The molecule has 246 valence electrons. The Hall–Kier alpha value is -4.43. The summed E-state index contributed by atoms with van der Waals surface area (Å²) in [5, 5.41) is 21.7. The van der Waals surface area contributed by atoms with Crippen molar-refractivity contribution in [3.05, 3.63) is 71.0 Å². The van der Waals surface area contributed by atoms with Crippen molar-refractivity contribution in [2.45, 2.75) is 67.5 Å². The second kappa shape index (κ2) is 12.4. The number of carboxylic acid groups (broad SMARTS) is 1. The first-order valence-electron chi connectivity index (χ1n) is 14.5. The molecule has 0 amide bonds. The van der Waals surface area contributed by atoms with E-state index in [-0.39, 0.29) is 25.3 Å². The van der Waals surface area contributed by atoms with Crippen LogP contribution in [0.5, 0.6) is 11.5 Å². The molecule has 2 aromatic carbocycles. The Morgan fingerprint density at radius 1 is 1.13 bits per heavy atom. The molecule has 2 aromatic rings. The quantitative estimate of drug-likeness (QED) is 0.321. The van der Waals surface area contributed by atoms with Crippen LogP contribution >= 0.6 is 0 Å². The number of rotatable bonds is 8. The zero-order chi connectivity index (χ0) is 33.4. The number of hydrogen-bond acceptors (Lipinski definition) is 10.